The molecule has 0 spiro atoms. The molecule has 1 aromatic carbocycles. The van der Waals surface area contributed by atoms with Crippen molar-refractivity contribution in [1.29, 1.82) is 15.8 Å². The van der Waals surface area contributed by atoms with Gasteiger partial charge in [-0.3, -0.25) is 4.79 Å². The van der Waals surface area contributed by atoms with Gasteiger partial charge in [0.05, 0.1) is 17.2 Å². The number of rotatable bonds is 7. The summed E-state index contributed by atoms with van der Waals surface area (Å²) in [7, 11) is 0. The highest BCUT2D eigenvalue weighted by atomic mass is 32.1. The standard InChI is InChI=1S/C24H18N4O3S/c1-3-21-15(2)32-24(22(21)13-27)28-23(29)17(12-26)10-19-8-9-20(31-19)14-30-18-6-4-16(11-25)5-7-18/h4-10H,3,14H2,1-2H3,(H,28,29). The first kappa shape index (κ1) is 22.4. The van der Waals surface area contributed by atoms with Gasteiger partial charge in [0, 0.05) is 11.0 Å². The zero-order chi connectivity index (χ0) is 23.1. The predicted molar refractivity (Wildman–Crippen MR) is 120 cm³/mol. The molecule has 0 saturated carbocycles. The Labute approximate surface area is 189 Å². The van der Waals surface area contributed by atoms with Crippen LogP contribution in [0, 0.1) is 40.9 Å². The van der Waals surface area contributed by atoms with Crippen molar-refractivity contribution in [2.24, 2.45) is 0 Å². The van der Waals surface area contributed by atoms with Crippen LogP contribution in [0.3, 0.4) is 0 Å². The van der Waals surface area contributed by atoms with Gasteiger partial charge in [0.1, 0.15) is 46.6 Å². The number of nitrogens with one attached hydrogen (secondary N) is 1. The minimum atomic E-state index is -0.611. The molecule has 8 heteroatoms. The second kappa shape index (κ2) is 10.1. The number of furan rings is 1. The summed E-state index contributed by atoms with van der Waals surface area (Å²) in [5.74, 6) is 0.805. The van der Waals surface area contributed by atoms with E-state index >= 15 is 0 Å². The van der Waals surface area contributed by atoms with E-state index in [4.69, 9.17) is 14.4 Å². The first-order chi connectivity index (χ1) is 15.5. The predicted octanol–water partition coefficient (Wildman–Crippen LogP) is 5.08. The zero-order valence-corrected chi connectivity index (χ0v) is 18.2. The molecule has 0 saturated heterocycles. The molecule has 0 aliphatic carbocycles. The van der Waals surface area contributed by atoms with Crippen LogP contribution in [0.15, 0.2) is 46.4 Å². The van der Waals surface area contributed by atoms with E-state index < -0.39 is 5.91 Å². The summed E-state index contributed by atoms with van der Waals surface area (Å²) < 4.78 is 11.2. The second-order valence-corrected chi connectivity index (χ2v) is 7.88. The van der Waals surface area contributed by atoms with E-state index in [-0.39, 0.29) is 12.2 Å². The summed E-state index contributed by atoms with van der Waals surface area (Å²) in [4.78, 5) is 13.6. The van der Waals surface area contributed by atoms with Gasteiger partial charge in [0.25, 0.3) is 5.91 Å². The molecule has 0 fully saturated rings. The van der Waals surface area contributed by atoms with Gasteiger partial charge in [-0.1, -0.05) is 6.92 Å². The fraction of sp³-hybridized carbons (Fsp3) is 0.167. The summed E-state index contributed by atoms with van der Waals surface area (Å²) in [5.41, 5.74) is 1.72. The van der Waals surface area contributed by atoms with Crippen molar-refractivity contribution in [3.8, 4) is 24.0 Å². The minimum Gasteiger partial charge on any atom is -0.486 e. The van der Waals surface area contributed by atoms with E-state index in [1.54, 1.807) is 36.4 Å². The molecule has 32 heavy (non-hydrogen) atoms. The third-order valence-electron chi connectivity index (χ3n) is 4.60. The Morgan fingerprint density at radius 3 is 2.53 bits per heavy atom. The fourth-order valence-electron chi connectivity index (χ4n) is 3.00. The van der Waals surface area contributed by atoms with Crippen molar-refractivity contribution >= 4 is 28.3 Å². The first-order valence-electron chi connectivity index (χ1n) is 9.66. The lowest BCUT2D eigenvalue weighted by molar-refractivity contribution is -0.112. The van der Waals surface area contributed by atoms with Gasteiger partial charge >= 0.3 is 0 Å². The topological polar surface area (TPSA) is 123 Å². The van der Waals surface area contributed by atoms with Crippen LogP contribution in [0.25, 0.3) is 6.08 Å². The highest BCUT2D eigenvalue weighted by molar-refractivity contribution is 7.16. The first-order valence-corrected chi connectivity index (χ1v) is 10.5. The molecule has 0 bridgehead atoms. The van der Waals surface area contributed by atoms with Crippen molar-refractivity contribution in [2.45, 2.75) is 26.9 Å². The molecule has 3 rings (SSSR count). The Bertz CT molecular complexity index is 1290. The number of hydrogen-bond donors (Lipinski definition) is 1. The largest absolute Gasteiger partial charge is 0.486 e. The van der Waals surface area contributed by atoms with E-state index in [9.17, 15) is 15.3 Å². The number of carbonyl (C=O) groups excluding carboxylic acids is 1. The van der Waals surface area contributed by atoms with Crippen LogP contribution in [0.1, 0.15) is 40.0 Å². The fourth-order valence-corrected chi connectivity index (χ4v) is 4.09. The molecular weight excluding hydrogens is 424 g/mol. The number of carbonyl (C=O) groups is 1. The number of nitriles is 3. The molecule has 0 atom stereocenters. The normalized spacial score (nSPS) is 10.7. The van der Waals surface area contributed by atoms with Gasteiger partial charge in [-0.15, -0.1) is 11.3 Å². The summed E-state index contributed by atoms with van der Waals surface area (Å²) >= 11 is 1.31. The summed E-state index contributed by atoms with van der Waals surface area (Å²) in [5, 5.41) is 30.8. The molecule has 1 N–H and O–H groups in total. The lowest BCUT2D eigenvalue weighted by Crippen LogP contribution is -2.13. The number of nitrogens with zero attached hydrogens (tertiary/aromatic N) is 3. The lowest BCUT2D eigenvalue weighted by Gasteiger charge is -2.04. The van der Waals surface area contributed by atoms with Crippen LogP contribution in [0.5, 0.6) is 5.75 Å². The maximum atomic E-state index is 12.6. The maximum Gasteiger partial charge on any atom is 0.267 e. The average Bonchev–Trinajstić information content (AvgIpc) is 3.38. The van der Waals surface area contributed by atoms with E-state index in [0.717, 1.165) is 10.4 Å². The third-order valence-corrected chi connectivity index (χ3v) is 5.66. The van der Waals surface area contributed by atoms with Crippen molar-refractivity contribution in [2.75, 3.05) is 5.32 Å². The molecule has 0 aliphatic heterocycles. The number of aryl methyl sites for hydroxylation is 1. The molecular formula is C24H18N4O3S. The number of amides is 1. The van der Waals surface area contributed by atoms with E-state index in [1.165, 1.54) is 17.4 Å². The van der Waals surface area contributed by atoms with Gasteiger partial charge < -0.3 is 14.5 Å². The third kappa shape index (κ3) is 5.05. The molecule has 0 aliphatic rings. The Hall–Kier alpha value is -4.32. The molecule has 0 unspecified atom stereocenters. The Kier molecular flexibility index (Phi) is 7.08. The van der Waals surface area contributed by atoms with Crippen LogP contribution in [0.4, 0.5) is 5.00 Å². The monoisotopic (exact) mass is 442 g/mol. The highest BCUT2D eigenvalue weighted by Crippen LogP contribution is 2.33. The van der Waals surface area contributed by atoms with Crippen molar-refractivity contribution in [3.05, 3.63) is 75.1 Å². The van der Waals surface area contributed by atoms with Gasteiger partial charge in [-0.25, -0.2) is 0 Å². The second-order valence-electron chi connectivity index (χ2n) is 6.66. The van der Waals surface area contributed by atoms with E-state index in [2.05, 4.69) is 11.4 Å². The summed E-state index contributed by atoms with van der Waals surface area (Å²) in [6.45, 7) is 3.99. The van der Waals surface area contributed by atoms with Crippen LogP contribution in [0.2, 0.25) is 0 Å². The molecule has 2 heterocycles. The smallest absolute Gasteiger partial charge is 0.267 e. The van der Waals surface area contributed by atoms with Crippen molar-refractivity contribution in [1.82, 2.24) is 0 Å². The molecule has 7 nitrogen and oxygen atoms in total. The zero-order valence-electron chi connectivity index (χ0n) is 17.4. The molecule has 158 valence electrons. The minimum absolute atomic E-state index is 0.146. The molecule has 0 radical (unpaired) electrons. The molecule has 3 aromatic rings. The van der Waals surface area contributed by atoms with Gasteiger partial charge in [-0.05, 0) is 55.3 Å². The van der Waals surface area contributed by atoms with Gasteiger partial charge in [-0.2, -0.15) is 15.8 Å². The number of hydrogen-bond acceptors (Lipinski definition) is 7. The van der Waals surface area contributed by atoms with Crippen molar-refractivity contribution < 1.29 is 13.9 Å². The molecule has 2 aromatic heterocycles. The van der Waals surface area contributed by atoms with Crippen LogP contribution < -0.4 is 10.1 Å². The Balaban J connectivity index is 1.69. The number of thiophene rings is 1. The van der Waals surface area contributed by atoms with Crippen LogP contribution >= 0.6 is 11.3 Å². The van der Waals surface area contributed by atoms with E-state index in [0.29, 0.717) is 39.8 Å². The summed E-state index contributed by atoms with van der Waals surface area (Å²) in [6.07, 6.45) is 2.02. The molecule has 1 amide bonds. The number of anilines is 1. The van der Waals surface area contributed by atoms with Gasteiger partial charge in [0.2, 0.25) is 0 Å². The average molecular weight is 443 g/mol. The van der Waals surface area contributed by atoms with Crippen molar-refractivity contribution in [3.63, 3.8) is 0 Å². The van der Waals surface area contributed by atoms with Gasteiger partial charge in [0.15, 0.2) is 0 Å². The maximum absolute atomic E-state index is 12.6. The quantitative estimate of drug-likeness (QED) is 0.402. The summed E-state index contributed by atoms with van der Waals surface area (Å²) in [6, 6.07) is 16.0. The Morgan fingerprint density at radius 1 is 1.16 bits per heavy atom. The number of ether oxygens (including phenoxy) is 1. The lowest BCUT2D eigenvalue weighted by atomic mass is 10.1. The SMILES string of the molecule is CCc1c(C)sc(NC(=O)C(C#N)=Cc2ccc(COc3ccc(C#N)cc3)o2)c1C#N. The highest BCUT2D eigenvalue weighted by Gasteiger charge is 2.18. The van der Waals surface area contributed by atoms with Crippen LogP contribution in [-0.4, -0.2) is 5.91 Å². The van der Waals surface area contributed by atoms with Crippen LogP contribution in [-0.2, 0) is 17.8 Å². The van der Waals surface area contributed by atoms with E-state index in [1.807, 2.05) is 26.0 Å². The number of benzene rings is 1. The Morgan fingerprint density at radius 2 is 1.91 bits per heavy atom.